The average molecular weight is 886 g/mol. The van der Waals surface area contributed by atoms with Crippen LogP contribution in [0.25, 0.3) is 0 Å². The average Bonchev–Trinajstić information content (AvgIpc) is 3.28. The summed E-state index contributed by atoms with van der Waals surface area (Å²) < 4.78 is 5.47. The molecule has 0 radical (unpaired) electrons. The number of aliphatic hydroxyl groups is 2. The second-order valence-corrected chi connectivity index (χ2v) is 18.9. The second kappa shape index (κ2) is 52.7. The number of esters is 1. The lowest BCUT2D eigenvalue weighted by molar-refractivity contribution is -0.143. The second-order valence-electron chi connectivity index (χ2n) is 18.9. The van der Waals surface area contributed by atoms with Crippen LogP contribution in [-0.4, -0.2) is 47.4 Å². The number of ether oxygens (including phenoxy) is 1. The molecule has 0 aromatic heterocycles. The van der Waals surface area contributed by atoms with E-state index in [-0.39, 0.29) is 18.5 Å². The van der Waals surface area contributed by atoms with Crippen molar-refractivity contribution in [2.45, 2.75) is 302 Å². The van der Waals surface area contributed by atoms with E-state index in [1.807, 2.05) is 6.08 Å². The lowest BCUT2D eigenvalue weighted by Gasteiger charge is -2.20. The highest BCUT2D eigenvalue weighted by Crippen LogP contribution is 2.15. The largest absolute Gasteiger partial charge is 0.466 e. The van der Waals surface area contributed by atoms with Crippen LogP contribution in [0.2, 0.25) is 0 Å². The summed E-state index contributed by atoms with van der Waals surface area (Å²) in [6, 6.07) is -0.636. The first-order chi connectivity index (χ1) is 31.0. The van der Waals surface area contributed by atoms with Gasteiger partial charge in [0.15, 0.2) is 0 Å². The van der Waals surface area contributed by atoms with Crippen LogP contribution in [-0.2, 0) is 14.3 Å². The van der Waals surface area contributed by atoms with E-state index in [0.29, 0.717) is 19.4 Å². The van der Waals surface area contributed by atoms with Gasteiger partial charge in [-0.2, -0.15) is 0 Å². The monoisotopic (exact) mass is 886 g/mol. The zero-order valence-corrected chi connectivity index (χ0v) is 42.1. The van der Waals surface area contributed by atoms with Gasteiger partial charge in [0.05, 0.1) is 25.4 Å². The van der Waals surface area contributed by atoms with Crippen molar-refractivity contribution in [2.24, 2.45) is 0 Å². The number of unbranched alkanes of at least 4 members (excludes halogenated alkanes) is 36. The summed E-state index contributed by atoms with van der Waals surface area (Å²) in [7, 11) is 0. The highest BCUT2D eigenvalue weighted by Gasteiger charge is 2.18. The minimum atomic E-state index is -0.851. The molecule has 0 aliphatic rings. The molecule has 1 amide bonds. The van der Waals surface area contributed by atoms with Gasteiger partial charge in [-0.25, -0.2) is 0 Å². The highest BCUT2D eigenvalue weighted by atomic mass is 16.5. The summed E-state index contributed by atoms with van der Waals surface area (Å²) >= 11 is 0. The molecule has 0 saturated carbocycles. The number of hydrogen-bond acceptors (Lipinski definition) is 5. The predicted molar refractivity (Wildman–Crippen MR) is 273 cm³/mol. The minimum absolute atomic E-state index is 0.00620. The van der Waals surface area contributed by atoms with Crippen molar-refractivity contribution in [3.63, 3.8) is 0 Å². The quantitative estimate of drug-likeness (QED) is 0.0321. The molecule has 0 aliphatic carbocycles. The number of nitrogens with one attached hydrogen (secondary N) is 1. The fraction of sp³-hybridized carbons (Fsp3) is 0.860. The van der Waals surface area contributed by atoms with Crippen LogP contribution in [0, 0.1) is 0 Å². The van der Waals surface area contributed by atoms with Crippen LogP contribution in [0.4, 0.5) is 0 Å². The lowest BCUT2D eigenvalue weighted by atomic mass is 10.1. The van der Waals surface area contributed by atoms with Gasteiger partial charge >= 0.3 is 5.97 Å². The summed E-state index contributed by atoms with van der Waals surface area (Å²) in [5, 5.41) is 23.0. The van der Waals surface area contributed by atoms with Crippen molar-refractivity contribution in [3.8, 4) is 0 Å². The molecule has 0 heterocycles. The number of rotatable bonds is 51. The number of carbonyl (C=O) groups excluding carboxylic acids is 2. The van der Waals surface area contributed by atoms with Crippen LogP contribution in [0.3, 0.4) is 0 Å². The maximum Gasteiger partial charge on any atom is 0.305 e. The summed E-state index contributed by atoms with van der Waals surface area (Å²) in [5.74, 6) is -0.0881. The maximum atomic E-state index is 12.4. The minimum Gasteiger partial charge on any atom is -0.466 e. The summed E-state index contributed by atoms with van der Waals surface area (Å²) in [6.45, 7) is 4.86. The zero-order chi connectivity index (χ0) is 45.8. The summed E-state index contributed by atoms with van der Waals surface area (Å²) in [4.78, 5) is 24.5. The SMILES string of the molecule is CCCCCCCCC/C=C\CCCCCCCCCC(=O)OCCCCCCCC/C=C\CCCCCCCCCC(=O)NC(CO)C(O)/C=C/CCCCCCCCCCC. The zero-order valence-electron chi connectivity index (χ0n) is 42.1. The number of allylic oxidation sites excluding steroid dienone is 5. The van der Waals surface area contributed by atoms with Gasteiger partial charge in [-0.1, -0.05) is 230 Å². The molecule has 0 fully saturated rings. The Hall–Kier alpha value is -1.92. The molecule has 0 saturated heterocycles. The Morgan fingerprint density at radius 1 is 0.429 bits per heavy atom. The molecule has 370 valence electrons. The maximum absolute atomic E-state index is 12.4. The van der Waals surface area contributed by atoms with E-state index in [4.69, 9.17) is 4.74 Å². The fourth-order valence-corrected chi connectivity index (χ4v) is 8.33. The van der Waals surface area contributed by atoms with Gasteiger partial charge in [0, 0.05) is 12.8 Å². The molecule has 6 nitrogen and oxygen atoms in total. The van der Waals surface area contributed by atoms with Gasteiger partial charge in [-0.05, 0) is 83.5 Å². The number of amides is 1. The first-order valence-electron chi connectivity index (χ1n) is 27.8. The highest BCUT2D eigenvalue weighted by molar-refractivity contribution is 5.76. The Bertz CT molecular complexity index is 1020. The van der Waals surface area contributed by atoms with Crippen molar-refractivity contribution in [1.29, 1.82) is 0 Å². The van der Waals surface area contributed by atoms with Crippen molar-refractivity contribution in [2.75, 3.05) is 13.2 Å². The standard InChI is InChI=1S/C57H107NO5/c1-3-5-7-9-11-13-15-16-17-18-21-24-27-31-35-39-43-47-51-57(62)63-52-48-44-40-36-32-28-25-22-19-20-23-26-30-34-38-42-46-50-56(61)58-54(53-59)55(60)49-45-41-37-33-29-14-12-10-8-6-4-2/h17-19,22,45,49,54-55,59-60H,3-16,20-21,23-44,46-48,50-53H2,1-2H3,(H,58,61)/b18-17-,22-19-,49-45+. The number of hydrogen-bond donors (Lipinski definition) is 3. The molecule has 0 aromatic rings. The van der Waals surface area contributed by atoms with Gasteiger partial charge in [-0.3, -0.25) is 9.59 Å². The topological polar surface area (TPSA) is 95.9 Å². The molecule has 0 spiro atoms. The molecular formula is C57H107NO5. The molecule has 0 aliphatic heterocycles. The van der Waals surface area contributed by atoms with Crippen molar-refractivity contribution in [3.05, 3.63) is 36.5 Å². The molecule has 0 aromatic carbocycles. The lowest BCUT2D eigenvalue weighted by Crippen LogP contribution is -2.45. The van der Waals surface area contributed by atoms with Crippen LogP contribution < -0.4 is 5.32 Å². The smallest absolute Gasteiger partial charge is 0.305 e. The van der Waals surface area contributed by atoms with Crippen LogP contribution in [0.15, 0.2) is 36.5 Å². The van der Waals surface area contributed by atoms with Crippen LogP contribution >= 0.6 is 0 Å². The molecule has 2 unspecified atom stereocenters. The van der Waals surface area contributed by atoms with Crippen molar-refractivity contribution in [1.82, 2.24) is 5.32 Å². The van der Waals surface area contributed by atoms with E-state index in [1.165, 1.54) is 205 Å². The van der Waals surface area contributed by atoms with Gasteiger partial charge in [0.1, 0.15) is 0 Å². The Labute approximate surface area is 392 Å². The summed E-state index contributed by atoms with van der Waals surface area (Å²) in [5.41, 5.74) is 0. The first-order valence-corrected chi connectivity index (χ1v) is 27.8. The van der Waals surface area contributed by atoms with Gasteiger partial charge < -0.3 is 20.3 Å². The van der Waals surface area contributed by atoms with Gasteiger partial charge in [0.25, 0.3) is 0 Å². The molecule has 0 bridgehead atoms. The Morgan fingerprint density at radius 2 is 0.746 bits per heavy atom. The third-order valence-corrected chi connectivity index (χ3v) is 12.6. The van der Waals surface area contributed by atoms with E-state index in [0.717, 1.165) is 57.8 Å². The van der Waals surface area contributed by atoms with E-state index in [1.54, 1.807) is 6.08 Å². The third kappa shape index (κ3) is 49.4. The molecule has 0 rings (SSSR count). The Morgan fingerprint density at radius 3 is 1.13 bits per heavy atom. The van der Waals surface area contributed by atoms with Crippen LogP contribution in [0.5, 0.6) is 0 Å². The van der Waals surface area contributed by atoms with Crippen molar-refractivity contribution >= 4 is 11.9 Å². The van der Waals surface area contributed by atoms with E-state index in [2.05, 4.69) is 43.5 Å². The number of carbonyl (C=O) groups is 2. The Kier molecular flexibility index (Phi) is 51.1. The predicted octanol–water partition coefficient (Wildman–Crippen LogP) is 16.9. The molecule has 6 heteroatoms. The Balaban J connectivity index is 3.45. The summed E-state index contributed by atoms with van der Waals surface area (Å²) in [6.07, 6.45) is 64.4. The molecule has 2 atom stereocenters. The van der Waals surface area contributed by atoms with E-state index in [9.17, 15) is 19.8 Å². The van der Waals surface area contributed by atoms with Gasteiger partial charge in [-0.15, -0.1) is 0 Å². The van der Waals surface area contributed by atoms with E-state index >= 15 is 0 Å². The molecule has 63 heavy (non-hydrogen) atoms. The molecule has 3 N–H and O–H groups in total. The molecular weight excluding hydrogens is 779 g/mol. The van der Waals surface area contributed by atoms with Crippen molar-refractivity contribution < 1.29 is 24.5 Å². The third-order valence-electron chi connectivity index (χ3n) is 12.6. The number of aliphatic hydroxyl groups excluding tert-OH is 2. The van der Waals surface area contributed by atoms with Gasteiger partial charge in [0.2, 0.25) is 5.91 Å². The normalized spacial score (nSPS) is 12.9. The first kappa shape index (κ1) is 61.1. The van der Waals surface area contributed by atoms with E-state index < -0.39 is 12.1 Å². The fourth-order valence-electron chi connectivity index (χ4n) is 8.33. The van der Waals surface area contributed by atoms with Crippen LogP contribution in [0.1, 0.15) is 290 Å².